The van der Waals surface area contributed by atoms with Gasteiger partial charge in [-0.25, -0.2) is 0 Å². The first-order chi connectivity index (χ1) is 7.95. The molecule has 0 aromatic rings. The number of carbonyl (C=O) groups is 1. The van der Waals surface area contributed by atoms with Gasteiger partial charge in [0.15, 0.2) is 0 Å². The Kier molecular flexibility index (Phi) is 5.40. The van der Waals surface area contributed by atoms with E-state index in [1.165, 1.54) is 25.9 Å². The molecule has 1 unspecified atom stereocenters. The minimum absolute atomic E-state index is 0.103. The predicted octanol–water partition coefficient (Wildman–Crippen LogP) is 0.690. The van der Waals surface area contributed by atoms with Gasteiger partial charge in [-0.05, 0) is 52.7 Å². The second-order valence-corrected chi connectivity index (χ2v) is 5.86. The molecule has 0 bridgehead atoms. The van der Waals surface area contributed by atoms with Crippen molar-refractivity contribution in [3.05, 3.63) is 0 Å². The highest BCUT2D eigenvalue weighted by molar-refractivity contribution is 5.81. The largest absolute Gasteiger partial charge is 0.359 e. The molecule has 1 amide bonds. The quantitative estimate of drug-likeness (QED) is 0.744. The normalized spacial score (nSPS) is 22.5. The van der Waals surface area contributed by atoms with Crippen molar-refractivity contribution in [1.29, 1.82) is 0 Å². The number of nitrogens with one attached hydrogen (secondary N) is 2. The minimum Gasteiger partial charge on any atom is -0.359 e. The standard InChI is InChI=1S/C13H27N3O/c1-13(2,12(17)14-3)10-15-8-11-6-5-7-16(4)9-11/h11,15H,5-10H2,1-4H3,(H,14,17). The van der Waals surface area contributed by atoms with Gasteiger partial charge in [-0.2, -0.15) is 0 Å². The molecule has 4 heteroatoms. The van der Waals surface area contributed by atoms with Gasteiger partial charge in [0.05, 0.1) is 5.41 Å². The third-order valence-electron chi connectivity index (χ3n) is 3.56. The van der Waals surface area contributed by atoms with Gasteiger partial charge in [0.1, 0.15) is 0 Å². The van der Waals surface area contributed by atoms with Crippen LogP contribution in [0.15, 0.2) is 0 Å². The van der Waals surface area contributed by atoms with E-state index >= 15 is 0 Å². The number of hydrogen-bond donors (Lipinski definition) is 2. The molecule has 1 rings (SSSR count). The van der Waals surface area contributed by atoms with Gasteiger partial charge in [-0.3, -0.25) is 4.79 Å². The molecule has 4 nitrogen and oxygen atoms in total. The summed E-state index contributed by atoms with van der Waals surface area (Å²) >= 11 is 0. The number of amides is 1. The van der Waals surface area contributed by atoms with Gasteiger partial charge < -0.3 is 15.5 Å². The average molecular weight is 241 g/mol. The van der Waals surface area contributed by atoms with Gasteiger partial charge in [-0.15, -0.1) is 0 Å². The summed E-state index contributed by atoms with van der Waals surface area (Å²) in [5, 5.41) is 6.16. The zero-order valence-electron chi connectivity index (χ0n) is 11.7. The van der Waals surface area contributed by atoms with E-state index in [1.54, 1.807) is 7.05 Å². The molecule has 0 aliphatic carbocycles. The van der Waals surface area contributed by atoms with Crippen LogP contribution in [0.3, 0.4) is 0 Å². The van der Waals surface area contributed by atoms with Crippen molar-refractivity contribution in [3.8, 4) is 0 Å². The highest BCUT2D eigenvalue weighted by atomic mass is 16.2. The van der Waals surface area contributed by atoms with Crippen molar-refractivity contribution < 1.29 is 4.79 Å². The lowest BCUT2D eigenvalue weighted by Gasteiger charge is -2.31. The number of hydrogen-bond acceptors (Lipinski definition) is 3. The summed E-state index contributed by atoms with van der Waals surface area (Å²) in [7, 11) is 3.88. The lowest BCUT2D eigenvalue weighted by atomic mass is 9.91. The lowest BCUT2D eigenvalue weighted by molar-refractivity contribution is -0.128. The molecule has 0 aromatic heterocycles. The molecule has 1 saturated heterocycles. The van der Waals surface area contributed by atoms with Crippen molar-refractivity contribution in [2.24, 2.45) is 11.3 Å². The first kappa shape index (κ1) is 14.5. The molecule has 1 aliphatic rings. The zero-order chi connectivity index (χ0) is 12.9. The van der Waals surface area contributed by atoms with Gasteiger partial charge >= 0.3 is 0 Å². The number of nitrogens with zero attached hydrogens (tertiary/aromatic N) is 1. The molecule has 100 valence electrons. The highest BCUT2D eigenvalue weighted by Gasteiger charge is 2.26. The van der Waals surface area contributed by atoms with E-state index in [9.17, 15) is 4.79 Å². The second kappa shape index (κ2) is 6.36. The number of likely N-dealkylation sites (tertiary alicyclic amines) is 1. The average Bonchev–Trinajstić information content (AvgIpc) is 2.27. The highest BCUT2D eigenvalue weighted by Crippen LogP contribution is 2.16. The van der Waals surface area contributed by atoms with Crippen LogP contribution in [0.2, 0.25) is 0 Å². The Morgan fingerprint density at radius 3 is 2.76 bits per heavy atom. The molecule has 0 radical (unpaired) electrons. The topological polar surface area (TPSA) is 44.4 Å². The zero-order valence-corrected chi connectivity index (χ0v) is 11.7. The second-order valence-electron chi connectivity index (χ2n) is 5.86. The molecule has 1 aliphatic heterocycles. The Morgan fingerprint density at radius 2 is 2.18 bits per heavy atom. The molecule has 17 heavy (non-hydrogen) atoms. The van der Waals surface area contributed by atoms with Crippen LogP contribution in [0.25, 0.3) is 0 Å². The molecule has 0 saturated carbocycles. The first-order valence-corrected chi connectivity index (χ1v) is 6.57. The van der Waals surface area contributed by atoms with E-state index in [1.807, 2.05) is 13.8 Å². The Morgan fingerprint density at radius 1 is 1.47 bits per heavy atom. The maximum atomic E-state index is 11.6. The summed E-state index contributed by atoms with van der Waals surface area (Å²) in [6.07, 6.45) is 2.60. The van der Waals surface area contributed by atoms with Crippen LogP contribution in [0.5, 0.6) is 0 Å². The Balaban J connectivity index is 2.25. The van der Waals surface area contributed by atoms with Crippen molar-refractivity contribution in [2.75, 3.05) is 40.3 Å². The van der Waals surface area contributed by atoms with E-state index in [2.05, 4.69) is 22.6 Å². The predicted molar refractivity (Wildman–Crippen MR) is 70.9 cm³/mol. The van der Waals surface area contributed by atoms with Crippen LogP contribution in [0, 0.1) is 11.3 Å². The monoisotopic (exact) mass is 241 g/mol. The van der Waals surface area contributed by atoms with Gasteiger partial charge in [0, 0.05) is 20.1 Å². The van der Waals surface area contributed by atoms with Crippen LogP contribution in [-0.4, -0.2) is 51.1 Å². The smallest absolute Gasteiger partial charge is 0.226 e. The molecule has 0 spiro atoms. The molecule has 0 aromatic carbocycles. The van der Waals surface area contributed by atoms with E-state index in [0.29, 0.717) is 0 Å². The molecular weight excluding hydrogens is 214 g/mol. The maximum Gasteiger partial charge on any atom is 0.226 e. The number of rotatable bonds is 5. The maximum absolute atomic E-state index is 11.6. The van der Waals surface area contributed by atoms with E-state index < -0.39 is 0 Å². The van der Waals surface area contributed by atoms with Crippen molar-refractivity contribution in [3.63, 3.8) is 0 Å². The van der Waals surface area contributed by atoms with E-state index in [0.717, 1.165) is 19.0 Å². The summed E-state index contributed by atoms with van der Waals surface area (Å²) in [6.45, 7) is 8.11. The molecule has 1 fully saturated rings. The van der Waals surface area contributed by atoms with Gasteiger partial charge in [-0.1, -0.05) is 0 Å². The van der Waals surface area contributed by atoms with E-state index in [-0.39, 0.29) is 11.3 Å². The SMILES string of the molecule is CNC(=O)C(C)(C)CNCC1CCCN(C)C1. The van der Waals surface area contributed by atoms with Crippen LogP contribution in [0.4, 0.5) is 0 Å². The Bertz CT molecular complexity index is 253. The van der Waals surface area contributed by atoms with Gasteiger partial charge in [0.2, 0.25) is 5.91 Å². The van der Waals surface area contributed by atoms with Crippen LogP contribution >= 0.6 is 0 Å². The van der Waals surface area contributed by atoms with Gasteiger partial charge in [0.25, 0.3) is 0 Å². The Labute approximate surface area is 105 Å². The summed E-state index contributed by atoms with van der Waals surface area (Å²) < 4.78 is 0. The fraction of sp³-hybridized carbons (Fsp3) is 0.923. The molecule has 1 heterocycles. The van der Waals surface area contributed by atoms with Crippen LogP contribution in [0.1, 0.15) is 26.7 Å². The van der Waals surface area contributed by atoms with Crippen LogP contribution < -0.4 is 10.6 Å². The number of carbonyl (C=O) groups excluding carboxylic acids is 1. The van der Waals surface area contributed by atoms with Crippen molar-refractivity contribution >= 4 is 5.91 Å². The fourth-order valence-corrected chi connectivity index (χ4v) is 2.45. The molecule has 2 N–H and O–H groups in total. The summed E-state index contributed by atoms with van der Waals surface area (Å²) in [4.78, 5) is 14.0. The minimum atomic E-state index is -0.324. The molecule has 1 atom stereocenters. The summed E-state index contributed by atoms with van der Waals surface area (Å²) in [5.74, 6) is 0.833. The van der Waals surface area contributed by atoms with E-state index in [4.69, 9.17) is 0 Å². The van der Waals surface area contributed by atoms with Crippen molar-refractivity contribution in [1.82, 2.24) is 15.5 Å². The third kappa shape index (κ3) is 4.64. The Hall–Kier alpha value is -0.610. The fourth-order valence-electron chi connectivity index (χ4n) is 2.45. The first-order valence-electron chi connectivity index (χ1n) is 6.57. The third-order valence-corrected chi connectivity index (χ3v) is 3.56. The number of piperidine rings is 1. The summed E-state index contributed by atoms with van der Waals surface area (Å²) in [6, 6.07) is 0. The molecular formula is C13H27N3O. The lowest BCUT2D eigenvalue weighted by Crippen LogP contribution is -2.44. The van der Waals surface area contributed by atoms with Crippen LogP contribution in [-0.2, 0) is 4.79 Å². The van der Waals surface area contributed by atoms with Crippen molar-refractivity contribution in [2.45, 2.75) is 26.7 Å². The summed E-state index contributed by atoms with van der Waals surface area (Å²) in [5.41, 5.74) is -0.324.